The highest BCUT2D eigenvalue weighted by Gasteiger charge is 2.29. The fraction of sp³-hybridized carbons (Fsp3) is 0.429. The lowest BCUT2D eigenvalue weighted by molar-refractivity contribution is -0.131. The highest BCUT2D eigenvalue weighted by Crippen LogP contribution is 2.18. The molecular weight excluding hydrogens is 261 g/mol. The number of hydrogen-bond acceptors (Lipinski definition) is 4. The van der Waals surface area contributed by atoms with Crippen LogP contribution >= 0.6 is 0 Å². The van der Waals surface area contributed by atoms with Crippen LogP contribution in [0.1, 0.15) is 12.0 Å². The van der Waals surface area contributed by atoms with Crippen LogP contribution in [0.3, 0.4) is 0 Å². The Kier molecular flexibility index (Phi) is 4.68. The molecule has 0 fully saturated rings. The molecule has 1 aliphatic rings. The standard InChI is InChI=1S/C14H18FN3O2/c1-18(2)8-7-16-14(19)13-9-12(17-20-13)10-5-3-4-6-11(10)15/h3-6,13H,7-9H2,1-2H3,(H,16,19)/t13-/m0/s1. The molecule has 0 unspecified atom stereocenters. The first-order valence-corrected chi connectivity index (χ1v) is 6.48. The molecular formula is C14H18FN3O2. The minimum Gasteiger partial charge on any atom is -0.382 e. The fourth-order valence-corrected chi connectivity index (χ4v) is 1.89. The Morgan fingerprint density at radius 3 is 2.95 bits per heavy atom. The van der Waals surface area contributed by atoms with Gasteiger partial charge in [-0.2, -0.15) is 0 Å². The first kappa shape index (κ1) is 14.5. The first-order chi connectivity index (χ1) is 9.58. The van der Waals surface area contributed by atoms with E-state index in [1.165, 1.54) is 6.07 Å². The van der Waals surface area contributed by atoms with E-state index in [1.807, 2.05) is 19.0 Å². The zero-order chi connectivity index (χ0) is 14.5. The summed E-state index contributed by atoms with van der Waals surface area (Å²) in [5.41, 5.74) is 0.854. The van der Waals surface area contributed by atoms with Crippen LogP contribution in [-0.2, 0) is 9.63 Å². The molecule has 0 aromatic heterocycles. The molecule has 0 bridgehead atoms. The van der Waals surface area contributed by atoms with Crippen LogP contribution in [0.5, 0.6) is 0 Å². The molecule has 0 spiro atoms. The van der Waals surface area contributed by atoms with Crippen LogP contribution in [0.25, 0.3) is 0 Å². The van der Waals surface area contributed by atoms with Crippen molar-refractivity contribution in [1.29, 1.82) is 0 Å². The second-order valence-corrected chi connectivity index (χ2v) is 4.91. The van der Waals surface area contributed by atoms with Crippen LogP contribution in [0, 0.1) is 5.82 Å². The number of benzene rings is 1. The van der Waals surface area contributed by atoms with Gasteiger partial charge < -0.3 is 15.1 Å². The van der Waals surface area contributed by atoms with Gasteiger partial charge in [-0.05, 0) is 20.2 Å². The Labute approximate surface area is 117 Å². The van der Waals surface area contributed by atoms with Gasteiger partial charge in [-0.15, -0.1) is 0 Å². The zero-order valence-electron chi connectivity index (χ0n) is 11.6. The third-order valence-electron chi connectivity index (χ3n) is 3.00. The summed E-state index contributed by atoms with van der Waals surface area (Å²) in [6.07, 6.45) is -0.388. The number of carbonyl (C=O) groups is 1. The highest BCUT2D eigenvalue weighted by molar-refractivity contribution is 6.04. The number of nitrogens with one attached hydrogen (secondary N) is 1. The number of nitrogens with zero attached hydrogens (tertiary/aromatic N) is 2. The van der Waals surface area contributed by atoms with E-state index in [1.54, 1.807) is 18.2 Å². The van der Waals surface area contributed by atoms with Gasteiger partial charge in [0.05, 0.1) is 5.71 Å². The zero-order valence-corrected chi connectivity index (χ0v) is 11.6. The second kappa shape index (κ2) is 6.47. The Bertz CT molecular complexity index is 517. The SMILES string of the molecule is CN(C)CCNC(=O)[C@@H]1CC(c2ccccc2F)=NO1. The van der Waals surface area contributed by atoms with Crippen molar-refractivity contribution in [3.05, 3.63) is 35.6 Å². The molecule has 0 saturated heterocycles. The lowest BCUT2D eigenvalue weighted by Gasteiger charge is -2.12. The average molecular weight is 279 g/mol. The van der Waals surface area contributed by atoms with Crippen molar-refractivity contribution < 1.29 is 14.0 Å². The molecule has 108 valence electrons. The van der Waals surface area contributed by atoms with E-state index >= 15 is 0 Å². The van der Waals surface area contributed by atoms with E-state index in [0.717, 1.165) is 6.54 Å². The van der Waals surface area contributed by atoms with Crippen molar-refractivity contribution in [2.45, 2.75) is 12.5 Å². The van der Waals surface area contributed by atoms with Crippen molar-refractivity contribution in [3.63, 3.8) is 0 Å². The third kappa shape index (κ3) is 3.54. The smallest absolute Gasteiger partial charge is 0.264 e. The van der Waals surface area contributed by atoms with Crippen molar-refractivity contribution >= 4 is 11.6 Å². The van der Waals surface area contributed by atoms with Crippen molar-refractivity contribution in [2.75, 3.05) is 27.2 Å². The number of likely N-dealkylation sites (N-methyl/N-ethyl adjacent to an activating group) is 1. The van der Waals surface area contributed by atoms with Gasteiger partial charge in [0.1, 0.15) is 5.82 Å². The quantitative estimate of drug-likeness (QED) is 0.874. The number of amides is 1. The van der Waals surface area contributed by atoms with E-state index in [9.17, 15) is 9.18 Å². The lowest BCUT2D eigenvalue weighted by atomic mass is 10.0. The van der Waals surface area contributed by atoms with Crippen LogP contribution in [0.4, 0.5) is 4.39 Å². The van der Waals surface area contributed by atoms with Gasteiger partial charge in [-0.25, -0.2) is 4.39 Å². The second-order valence-electron chi connectivity index (χ2n) is 4.91. The maximum absolute atomic E-state index is 13.6. The molecule has 2 rings (SSSR count). The average Bonchev–Trinajstić information content (AvgIpc) is 2.88. The Morgan fingerprint density at radius 1 is 1.50 bits per heavy atom. The molecule has 0 saturated carbocycles. The Balaban J connectivity index is 1.88. The van der Waals surface area contributed by atoms with E-state index in [2.05, 4.69) is 10.5 Å². The van der Waals surface area contributed by atoms with Crippen molar-refractivity contribution in [2.24, 2.45) is 5.16 Å². The van der Waals surface area contributed by atoms with E-state index in [0.29, 0.717) is 17.8 Å². The molecule has 20 heavy (non-hydrogen) atoms. The van der Waals surface area contributed by atoms with Gasteiger partial charge in [-0.1, -0.05) is 23.4 Å². The molecule has 1 aromatic carbocycles. The number of rotatable bonds is 5. The molecule has 1 atom stereocenters. The lowest BCUT2D eigenvalue weighted by Crippen LogP contribution is -2.38. The van der Waals surface area contributed by atoms with E-state index in [-0.39, 0.29) is 18.1 Å². The van der Waals surface area contributed by atoms with Crippen LogP contribution in [0.15, 0.2) is 29.4 Å². The molecule has 1 N–H and O–H groups in total. The molecule has 1 amide bonds. The minimum atomic E-state index is -0.674. The van der Waals surface area contributed by atoms with Crippen molar-refractivity contribution in [1.82, 2.24) is 10.2 Å². The largest absolute Gasteiger partial charge is 0.382 e. The summed E-state index contributed by atoms with van der Waals surface area (Å²) in [4.78, 5) is 18.9. The van der Waals surface area contributed by atoms with Gasteiger partial charge in [0, 0.05) is 25.1 Å². The number of hydrogen-bond donors (Lipinski definition) is 1. The third-order valence-corrected chi connectivity index (χ3v) is 3.00. The van der Waals surface area contributed by atoms with Gasteiger partial charge in [0.2, 0.25) is 6.10 Å². The fourth-order valence-electron chi connectivity index (χ4n) is 1.89. The van der Waals surface area contributed by atoms with Gasteiger partial charge in [-0.3, -0.25) is 4.79 Å². The monoisotopic (exact) mass is 279 g/mol. The summed E-state index contributed by atoms with van der Waals surface area (Å²) in [6, 6.07) is 6.33. The number of halogens is 1. The summed E-state index contributed by atoms with van der Waals surface area (Å²) in [6.45, 7) is 1.29. The topological polar surface area (TPSA) is 53.9 Å². The molecule has 1 aromatic rings. The summed E-state index contributed by atoms with van der Waals surface area (Å²) in [5, 5.41) is 6.59. The van der Waals surface area contributed by atoms with Crippen LogP contribution in [0.2, 0.25) is 0 Å². The highest BCUT2D eigenvalue weighted by atomic mass is 19.1. The minimum absolute atomic E-state index is 0.220. The van der Waals surface area contributed by atoms with Gasteiger partial charge in [0.15, 0.2) is 0 Å². The van der Waals surface area contributed by atoms with Crippen LogP contribution in [-0.4, -0.2) is 49.8 Å². The summed E-state index contributed by atoms with van der Waals surface area (Å²) < 4.78 is 13.6. The number of carbonyl (C=O) groups excluding carboxylic acids is 1. The maximum Gasteiger partial charge on any atom is 0.264 e. The van der Waals surface area contributed by atoms with E-state index < -0.39 is 6.10 Å². The van der Waals surface area contributed by atoms with Crippen LogP contribution < -0.4 is 5.32 Å². The first-order valence-electron chi connectivity index (χ1n) is 6.48. The summed E-state index contributed by atoms with van der Waals surface area (Å²) in [7, 11) is 3.86. The normalized spacial score (nSPS) is 17.8. The molecule has 6 heteroatoms. The summed E-state index contributed by atoms with van der Waals surface area (Å²) >= 11 is 0. The molecule has 1 heterocycles. The predicted molar refractivity (Wildman–Crippen MR) is 74.0 cm³/mol. The predicted octanol–water partition coefficient (Wildman–Crippen LogP) is 0.997. The summed E-state index contributed by atoms with van der Waals surface area (Å²) in [5.74, 6) is -0.578. The Hall–Kier alpha value is -1.95. The maximum atomic E-state index is 13.6. The van der Waals surface area contributed by atoms with Gasteiger partial charge >= 0.3 is 0 Å². The van der Waals surface area contributed by atoms with E-state index in [4.69, 9.17) is 4.84 Å². The van der Waals surface area contributed by atoms with Crippen molar-refractivity contribution in [3.8, 4) is 0 Å². The molecule has 0 aliphatic carbocycles. The molecule has 1 aliphatic heterocycles. The van der Waals surface area contributed by atoms with Gasteiger partial charge in [0.25, 0.3) is 5.91 Å². The molecule has 5 nitrogen and oxygen atoms in total. The Morgan fingerprint density at radius 2 is 2.25 bits per heavy atom. The molecule has 0 radical (unpaired) electrons. The number of oxime groups is 1.